The van der Waals surface area contributed by atoms with Gasteiger partial charge in [0.05, 0.1) is 54.5 Å². The SMILES string of the molecule is C/C=C/C(C)=C/[C@H](OP(P)PP)[C@@H](C)C[C@H](C)OP(P)PP.CC(C)=C[C@H](OP(P)PP)[C@@H](C)C[C@H](C)OP(P)PP.IC(I)I.[CH3-].[V]. The molecule has 22 atom stereocenters. The largest absolute Gasteiger partial charge is 0.358 e. The Morgan fingerprint density at radius 1 is 0.646 bits per heavy atom. The van der Waals surface area contributed by atoms with Gasteiger partial charge in [-0.1, -0.05) is 153 Å². The van der Waals surface area contributed by atoms with Crippen molar-refractivity contribution >= 4 is 201 Å². The Kier molecular flexibility index (Phi) is 60.1. The van der Waals surface area contributed by atoms with Crippen LogP contribution in [0.1, 0.15) is 68.2 Å². The van der Waals surface area contributed by atoms with Crippen LogP contribution in [0.25, 0.3) is 0 Å². The van der Waals surface area contributed by atoms with Gasteiger partial charge in [0.25, 0.3) is 0 Å². The zero-order chi connectivity index (χ0) is 36.4. The zero-order valence-corrected chi connectivity index (χ0v) is 54.1. The molecule has 24 heteroatoms. The van der Waals surface area contributed by atoms with Crippen molar-refractivity contribution in [3.8, 4) is 0 Å². The molecular weight excluding hydrogens is 1280 g/mol. The van der Waals surface area contributed by atoms with Crippen molar-refractivity contribution in [2.24, 2.45) is 11.8 Å². The molecule has 0 aromatic carbocycles. The van der Waals surface area contributed by atoms with Crippen LogP contribution in [0.15, 0.2) is 35.5 Å². The summed E-state index contributed by atoms with van der Waals surface area (Å²) >= 11 is 6.95. The zero-order valence-electron chi connectivity index (χ0n) is 29.4. The van der Waals surface area contributed by atoms with Crippen molar-refractivity contribution in [1.82, 2.24) is 0 Å². The quantitative estimate of drug-likeness (QED) is 0.0287. The Hall–Kier alpha value is 8.71. The summed E-state index contributed by atoms with van der Waals surface area (Å²) in [5, 5.41) is 0. The summed E-state index contributed by atoms with van der Waals surface area (Å²) in [4.78, 5) is 0. The predicted molar refractivity (Wildman–Crippen MR) is 297 cm³/mol. The van der Waals surface area contributed by atoms with Gasteiger partial charge in [-0.3, -0.25) is 0 Å². The van der Waals surface area contributed by atoms with Gasteiger partial charge in [-0.2, -0.15) is 0 Å². The van der Waals surface area contributed by atoms with Crippen molar-refractivity contribution in [2.75, 3.05) is 0 Å². The van der Waals surface area contributed by atoms with Crippen LogP contribution in [0.2, 0.25) is 0 Å². The van der Waals surface area contributed by atoms with Gasteiger partial charge in [0.2, 0.25) is 0 Å². The van der Waals surface area contributed by atoms with E-state index in [1.54, 1.807) is 0 Å². The van der Waals surface area contributed by atoms with Crippen LogP contribution in [0.5, 0.6) is 0 Å². The molecule has 0 bridgehead atoms. The van der Waals surface area contributed by atoms with Crippen molar-refractivity contribution in [3.63, 3.8) is 0 Å². The molecule has 0 aromatic heterocycles. The smallest absolute Gasteiger partial charge is 0.114 e. The molecule has 0 fully saturated rings. The molecule has 0 aliphatic carbocycles. The Morgan fingerprint density at radius 3 is 1.21 bits per heavy atom. The van der Waals surface area contributed by atoms with Gasteiger partial charge >= 0.3 is 0 Å². The third kappa shape index (κ3) is 44.3. The van der Waals surface area contributed by atoms with E-state index in [9.17, 15) is 0 Å². The van der Waals surface area contributed by atoms with Crippen molar-refractivity contribution in [2.45, 2.75) is 92.6 Å². The Bertz CT molecular complexity index is 825. The van der Waals surface area contributed by atoms with Crippen molar-refractivity contribution < 1.29 is 36.7 Å². The summed E-state index contributed by atoms with van der Waals surface area (Å²) in [6.45, 7) is 17.3. The fraction of sp³-hybridized carbons (Fsp3) is 0.708. The van der Waals surface area contributed by atoms with E-state index in [1.807, 2.05) is 6.92 Å². The third-order valence-corrected chi connectivity index (χ3v) is 39.6. The topological polar surface area (TPSA) is 36.9 Å². The first kappa shape index (κ1) is 65.8. The molecule has 0 saturated heterocycles. The summed E-state index contributed by atoms with van der Waals surface area (Å²) in [6, 6.07) is 0. The third-order valence-electron chi connectivity index (χ3n) is 5.45. The second-order valence-corrected chi connectivity index (χ2v) is 55.0. The average molecular weight is 1340 g/mol. The van der Waals surface area contributed by atoms with Gasteiger partial charge in [0.15, 0.2) is 0 Å². The summed E-state index contributed by atoms with van der Waals surface area (Å²) in [5.74, 6) is 0.899. The molecule has 0 rings (SSSR count). The van der Waals surface area contributed by atoms with Crippen LogP contribution in [0.4, 0.5) is 0 Å². The minimum absolute atomic E-state index is 0. The number of alkyl halides is 3. The number of allylic oxidation sites excluding steroid dienone is 4. The van der Waals surface area contributed by atoms with Crippen LogP contribution in [0.3, 0.4) is 0 Å². The molecule has 1 radical (unpaired) electrons. The second-order valence-electron chi connectivity index (χ2n) is 10.1. The minimum Gasteiger partial charge on any atom is -0.358 e. The predicted octanol–water partition coefficient (Wildman–Crippen LogP) is 17.4. The molecule has 0 spiro atoms. The number of halogens is 3. The first-order valence-corrected chi connectivity index (χ1v) is 43.8. The molecule has 16 unspecified atom stereocenters. The molecule has 0 amide bonds. The van der Waals surface area contributed by atoms with E-state index in [2.05, 4.69) is 212 Å². The van der Waals surface area contributed by atoms with Gasteiger partial charge in [-0.05, 0) is 98.1 Å². The van der Waals surface area contributed by atoms with E-state index in [-0.39, 0.29) is 65.4 Å². The van der Waals surface area contributed by atoms with E-state index >= 15 is 0 Å². The maximum atomic E-state index is 6.26. The molecule has 289 valence electrons. The molecule has 4 nitrogen and oxygen atoms in total. The number of hydrogen-bond acceptors (Lipinski definition) is 4. The maximum absolute atomic E-state index is 6.26. The van der Waals surface area contributed by atoms with E-state index in [0.717, 1.165) is 44.6 Å². The number of rotatable bonds is 21. The van der Waals surface area contributed by atoms with Crippen LogP contribution in [-0.4, -0.2) is 24.4 Å². The Morgan fingerprint density at radius 2 is 0.938 bits per heavy atom. The first-order valence-electron chi connectivity index (χ1n) is 14.0. The minimum atomic E-state index is -0.439. The summed E-state index contributed by atoms with van der Waals surface area (Å²) in [7, 11) is 24.0. The number of hydrogen-bond donors (Lipinski definition) is 0. The van der Waals surface area contributed by atoms with Crippen LogP contribution in [0, 0.1) is 19.3 Å². The van der Waals surface area contributed by atoms with Gasteiger partial charge in [0.1, 0.15) is -0.0619 Å². The Balaban J connectivity index is -0.000000223. The molecule has 0 aliphatic heterocycles. The Labute approximate surface area is 380 Å². The first-order chi connectivity index (χ1) is 21.4. The summed E-state index contributed by atoms with van der Waals surface area (Å²) in [5.41, 5.74) is 2.57. The molecule has 0 N–H and O–H groups in total. The van der Waals surface area contributed by atoms with Crippen molar-refractivity contribution in [1.29, 1.82) is 0 Å². The molecule has 0 aliphatic rings. The van der Waals surface area contributed by atoms with Gasteiger partial charge in [-0.25, -0.2) is 0 Å². The maximum Gasteiger partial charge on any atom is 0.114 e. The standard InChI is InChI=1S/C12H30O2P8.C10H28O2P8.CHI3.CH3.V/c1-5-6-9(2)7-12(14-22(18)20-16)10(3)8-11(4)13-21(17)19-15;1-7(2)5-10(12-20(16)18-14)8(3)6-9(4)11-19(15)17-13;2-1(3)4;;/h5-7,10-12,19-20H,8,15-18H2,1-4H3;5,8-10,17-18H,6,13-16H2,1-4H3;1H;1H3;/q;;;-1;/b6-5+,9-7+;;;;/t10-,11-,12-,21?,22?;8-,9-,10-,19?,20?;;;/m00.../s1. The normalized spacial score (nSPS) is 18.8. The average Bonchev–Trinajstić information content (AvgIpc) is 2.95. The van der Waals surface area contributed by atoms with Gasteiger partial charge < -0.3 is 25.5 Å². The van der Waals surface area contributed by atoms with Crippen molar-refractivity contribution in [3.05, 3.63) is 42.9 Å². The summed E-state index contributed by atoms with van der Waals surface area (Å²) in [6.07, 6.45) is 11.6. The fourth-order valence-corrected chi connectivity index (χ4v) is 12.8. The van der Waals surface area contributed by atoms with E-state index < -0.39 is 15.1 Å². The van der Waals surface area contributed by atoms with E-state index in [4.69, 9.17) is 18.1 Å². The second kappa shape index (κ2) is 43.8. The monoisotopic (exact) mass is 1340 g/mol. The van der Waals surface area contributed by atoms with Crippen LogP contribution in [-0.2, 0) is 36.7 Å². The van der Waals surface area contributed by atoms with E-state index in [0.29, 0.717) is 11.8 Å². The van der Waals surface area contributed by atoms with Gasteiger partial charge in [0, 0.05) is 18.6 Å². The molecule has 0 heterocycles. The fourth-order valence-electron chi connectivity index (χ4n) is 3.68. The summed E-state index contributed by atoms with van der Waals surface area (Å²) < 4.78 is 25.2. The molecule has 0 aromatic rings. The van der Waals surface area contributed by atoms with Crippen LogP contribution < -0.4 is 0 Å². The van der Waals surface area contributed by atoms with Gasteiger partial charge in [-0.15, -0.1) is 35.7 Å². The molecule has 48 heavy (non-hydrogen) atoms. The van der Waals surface area contributed by atoms with Crippen LogP contribution >= 0.6 is 201 Å². The molecule has 0 saturated carbocycles. The van der Waals surface area contributed by atoms with E-state index in [1.165, 1.54) is 11.1 Å². The molecular formula is C24H62I3O4P16V-.